The zero-order valence-electron chi connectivity index (χ0n) is 33.1. The Bertz CT molecular complexity index is 2990. The summed E-state index contributed by atoms with van der Waals surface area (Å²) in [6.07, 6.45) is 4.37. The van der Waals surface area contributed by atoms with E-state index in [1.165, 1.54) is 43.8 Å². The summed E-state index contributed by atoms with van der Waals surface area (Å²) >= 11 is 0. The average Bonchev–Trinajstić information content (AvgIpc) is 3.33. The normalized spacial score (nSPS) is 11.3. The monoisotopic (exact) mass is 766 g/mol. The van der Waals surface area contributed by atoms with Crippen LogP contribution in [0.15, 0.2) is 243 Å². The van der Waals surface area contributed by atoms with E-state index in [2.05, 4.69) is 265 Å². The molecular formula is C58H42N2. The van der Waals surface area contributed by atoms with E-state index in [1.54, 1.807) is 0 Å². The molecule has 0 fully saturated rings. The Balaban J connectivity index is 0.851. The highest BCUT2D eigenvalue weighted by Gasteiger charge is 2.17. The van der Waals surface area contributed by atoms with E-state index in [4.69, 9.17) is 0 Å². The van der Waals surface area contributed by atoms with Crippen molar-refractivity contribution in [2.24, 2.45) is 0 Å². The van der Waals surface area contributed by atoms with E-state index < -0.39 is 0 Å². The predicted octanol–water partition coefficient (Wildman–Crippen LogP) is 16.4. The molecule has 0 saturated carbocycles. The number of nitrogens with zero attached hydrogens (tertiary/aromatic N) is 2. The summed E-state index contributed by atoms with van der Waals surface area (Å²) in [7, 11) is 0. The van der Waals surface area contributed by atoms with Crippen LogP contribution in [-0.4, -0.2) is 0 Å². The van der Waals surface area contributed by atoms with Crippen molar-refractivity contribution in [1.82, 2.24) is 0 Å². The molecule has 10 aromatic carbocycles. The summed E-state index contributed by atoms with van der Waals surface area (Å²) < 4.78 is 0. The highest BCUT2D eigenvalue weighted by Crippen LogP contribution is 2.42. The summed E-state index contributed by atoms with van der Waals surface area (Å²) in [6, 6.07) is 86.8. The minimum atomic E-state index is 1.12. The van der Waals surface area contributed by atoms with Gasteiger partial charge in [-0.1, -0.05) is 188 Å². The van der Waals surface area contributed by atoms with E-state index in [-0.39, 0.29) is 0 Å². The van der Waals surface area contributed by atoms with Crippen molar-refractivity contribution in [3.8, 4) is 22.3 Å². The van der Waals surface area contributed by atoms with Gasteiger partial charge in [0, 0.05) is 33.8 Å². The molecule has 60 heavy (non-hydrogen) atoms. The first-order valence-electron chi connectivity index (χ1n) is 20.5. The van der Waals surface area contributed by atoms with Crippen LogP contribution in [0.5, 0.6) is 0 Å². The summed E-state index contributed by atoms with van der Waals surface area (Å²) in [5.74, 6) is 0. The molecule has 0 unspecified atom stereocenters. The van der Waals surface area contributed by atoms with Crippen LogP contribution in [-0.2, 0) is 0 Å². The van der Waals surface area contributed by atoms with Gasteiger partial charge in [0.25, 0.3) is 0 Å². The SMILES string of the molecule is C(=C\c1ccc(-c2ccc(N(c3ccccc3)c3cc4ccccc4c4ccccc34)cc2)cc1)/c1ccc(-c2ccc(N(c3ccccc3)c3ccccc3)cc2)cc1. The smallest absolute Gasteiger partial charge is 0.0546 e. The summed E-state index contributed by atoms with van der Waals surface area (Å²) in [5, 5.41) is 4.98. The topological polar surface area (TPSA) is 6.48 Å². The molecule has 2 heteroatoms. The molecule has 0 aliphatic heterocycles. The van der Waals surface area contributed by atoms with E-state index in [1.807, 2.05) is 0 Å². The summed E-state index contributed by atoms with van der Waals surface area (Å²) in [4.78, 5) is 4.66. The second-order valence-corrected chi connectivity index (χ2v) is 15.0. The Hall–Kier alpha value is -7.94. The van der Waals surface area contributed by atoms with E-state index in [9.17, 15) is 0 Å². The molecule has 2 nitrogen and oxygen atoms in total. The van der Waals surface area contributed by atoms with Crippen molar-refractivity contribution in [3.63, 3.8) is 0 Å². The van der Waals surface area contributed by atoms with Crippen LogP contribution >= 0.6 is 0 Å². The van der Waals surface area contributed by atoms with Gasteiger partial charge in [0.05, 0.1) is 5.69 Å². The van der Waals surface area contributed by atoms with Gasteiger partial charge in [0.2, 0.25) is 0 Å². The fraction of sp³-hybridized carbons (Fsp3) is 0. The maximum atomic E-state index is 2.38. The zero-order valence-corrected chi connectivity index (χ0v) is 33.1. The van der Waals surface area contributed by atoms with Gasteiger partial charge in [-0.15, -0.1) is 0 Å². The van der Waals surface area contributed by atoms with Crippen LogP contribution in [0.2, 0.25) is 0 Å². The van der Waals surface area contributed by atoms with Crippen LogP contribution < -0.4 is 9.80 Å². The third kappa shape index (κ3) is 7.46. The molecule has 0 aliphatic carbocycles. The molecule has 284 valence electrons. The Morgan fingerprint density at radius 3 is 1.05 bits per heavy atom. The summed E-state index contributed by atoms with van der Waals surface area (Å²) in [6.45, 7) is 0. The fourth-order valence-electron chi connectivity index (χ4n) is 8.20. The van der Waals surface area contributed by atoms with Crippen molar-refractivity contribution < 1.29 is 0 Å². The van der Waals surface area contributed by atoms with Gasteiger partial charge in [0.15, 0.2) is 0 Å². The lowest BCUT2D eigenvalue weighted by Crippen LogP contribution is -2.10. The zero-order chi connectivity index (χ0) is 40.1. The van der Waals surface area contributed by atoms with Crippen LogP contribution in [0.25, 0.3) is 56.0 Å². The summed E-state index contributed by atoms with van der Waals surface area (Å²) in [5.41, 5.74) is 13.9. The lowest BCUT2D eigenvalue weighted by Gasteiger charge is -2.27. The van der Waals surface area contributed by atoms with Crippen LogP contribution in [0.1, 0.15) is 11.1 Å². The largest absolute Gasteiger partial charge is 0.311 e. The van der Waals surface area contributed by atoms with Gasteiger partial charge in [-0.3, -0.25) is 0 Å². The molecule has 0 bridgehead atoms. The van der Waals surface area contributed by atoms with Gasteiger partial charge < -0.3 is 9.80 Å². The number of para-hydroxylation sites is 3. The van der Waals surface area contributed by atoms with Crippen LogP contribution in [0.4, 0.5) is 34.1 Å². The molecule has 10 rings (SSSR count). The maximum Gasteiger partial charge on any atom is 0.0546 e. The lowest BCUT2D eigenvalue weighted by molar-refractivity contribution is 1.28. The van der Waals surface area contributed by atoms with Crippen molar-refractivity contribution in [2.75, 3.05) is 9.80 Å². The number of hydrogen-bond acceptors (Lipinski definition) is 2. The highest BCUT2D eigenvalue weighted by atomic mass is 15.1. The molecule has 10 aromatic rings. The van der Waals surface area contributed by atoms with Gasteiger partial charge >= 0.3 is 0 Å². The first kappa shape index (κ1) is 36.4. The Morgan fingerprint density at radius 1 is 0.250 bits per heavy atom. The predicted molar refractivity (Wildman–Crippen MR) is 257 cm³/mol. The molecule has 0 aliphatic rings. The molecule has 0 saturated heterocycles. The molecule has 0 spiro atoms. The Labute approximate surface area is 352 Å². The van der Waals surface area contributed by atoms with Gasteiger partial charge in [-0.25, -0.2) is 0 Å². The maximum absolute atomic E-state index is 2.38. The number of benzene rings is 10. The van der Waals surface area contributed by atoms with E-state index >= 15 is 0 Å². The number of hydrogen-bond donors (Lipinski definition) is 0. The molecule has 0 aromatic heterocycles. The Morgan fingerprint density at radius 2 is 0.583 bits per heavy atom. The first-order valence-corrected chi connectivity index (χ1v) is 20.5. The van der Waals surface area contributed by atoms with Crippen molar-refractivity contribution in [3.05, 3.63) is 254 Å². The van der Waals surface area contributed by atoms with Gasteiger partial charge in [-0.2, -0.15) is 0 Å². The molecule has 0 atom stereocenters. The number of rotatable bonds is 10. The minimum absolute atomic E-state index is 1.12. The minimum Gasteiger partial charge on any atom is -0.311 e. The number of anilines is 6. The third-order valence-corrected chi connectivity index (χ3v) is 11.2. The van der Waals surface area contributed by atoms with Gasteiger partial charge in [-0.05, 0) is 116 Å². The molecule has 0 heterocycles. The molecular weight excluding hydrogens is 725 g/mol. The van der Waals surface area contributed by atoms with Crippen molar-refractivity contribution in [1.29, 1.82) is 0 Å². The quantitative estimate of drug-likeness (QED) is 0.101. The number of fused-ring (bicyclic) bond motifs is 3. The van der Waals surface area contributed by atoms with E-state index in [0.717, 1.165) is 45.3 Å². The van der Waals surface area contributed by atoms with Crippen LogP contribution in [0, 0.1) is 0 Å². The van der Waals surface area contributed by atoms with Gasteiger partial charge in [0.1, 0.15) is 0 Å². The standard InChI is InChI=1S/C58H42N2/c1-4-15-50(16-5-1)59(51-17-6-2-7-18-51)53-38-34-47(35-39-53)45-30-26-43(27-31-45)24-25-44-28-32-46(33-29-44)48-36-40-54(41-37-48)60(52-19-8-3-9-20-52)58-42-49-14-10-11-21-55(49)56-22-12-13-23-57(56)58/h1-42H/b25-24+. The van der Waals surface area contributed by atoms with Crippen molar-refractivity contribution >= 4 is 67.8 Å². The second kappa shape index (κ2) is 16.5. The molecule has 0 amide bonds. The van der Waals surface area contributed by atoms with E-state index in [0.29, 0.717) is 0 Å². The first-order chi connectivity index (χ1) is 29.7. The Kier molecular flexibility index (Phi) is 10.0. The molecule has 0 radical (unpaired) electrons. The van der Waals surface area contributed by atoms with Crippen molar-refractivity contribution in [2.45, 2.75) is 0 Å². The second-order valence-electron chi connectivity index (χ2n) is 15.0. The average molecular weight is 767 g/mol. The third-order valence-electron chi connectivity index (χ3n) is 11.2. The fourth-order valence-corrected chi connectivity index (χ4v) is 8.20. The lowest BCUT2D eigenvalue weighted by atomic mass is 9.98. The highest BCUT2D eigenvalue weighted by molar-refractivity contribution is 6.14. The van der Waals surface area contributed by atoms with Crippen LogP contribution in [0.3, 0.4) is 0 Å². The molecule has 0 N–H and O–H groups in total.